The Morgan fingerprint density at radius 3 is 2.52 bits per heavy atom. The van der Waals surface area contributed by atoms with E-state index in [-0.39, 0.29) is 11.3 Å². The molecular weight excluding hydrogens is 294 g/mol. The number of para-hydroxylation sites is 1. The first-order chi connectivity index (χ1) is 10.0. The number of rotatable bonds is 4. The molecule has 0 bridgehead atoms. The number of carbonyl (C=O) groups is 1. The number of benzene rings is 2. The Morgan fingerprint density at radius 1 is 1.19 bits per heavy atom. The molecule has 6 nitrogen and oxygen atoms in total. The maximum atomic E-state index is 12.1. The molecule has 0 aliphatic carbocycles. The number of nitrogens with zero attached hydrogens (tertiary/aromatic N) is 1. The fourth-order valence-electron chi connectivity index (χ4n) is 1.79. The van der Waals surface area contributed by atoms with Gasteiger partial charge in [-0.05, 0) is 24.3 Å². The Kier molecular flexibility index (Phi) is 4.39. The summed E-state index contributed by atoms with van der Waals surface area (Å²) in [5, 5.41) is 16.7. The number of anilines is 2. The predicted molar refractivity (Wildman–Crippen MR) is 82.0 cm³/mol. The first-order valence-corrected chi connectivity index (χ1v) is 6.43. The van der Waals surface area contributed by atoms with E-state index in [0.717, 1.165) is 0 Å². The largest absolute Gasteiger partial charge is 0.383 e. The Labute approximate surface area is 125 Å². The van der Waals surface area contributed by atoms with E-state index in [1.807, 2.05) is 0 Å². The fraction of sp³-hybridized carbons (Fsp3) is 0.0714. The lowest BCUT2D eigenvalue weighted by molar-refractivity contribution is -0.384. The van der Waals surface area contributed by atoms with Gasteiger partial charge in [0.1, 0.15) is 5.69 Å². The summed E-state index contributed by atoms with van der Waals surface area (Å²) < 4.78 is 0. The highest BCUT2D eigenvalue weighted by Crippen LogP contribution is 2.26. The van der Waals surface area contributed by atoms with Crippen molar-refractivity contribution in [1.82, 2.24) is 0 Å². The van der Waals surface area contributed by atoms with E-state index in [4.69, 9.17) is 11.6 Å². The van der Waals surface area contributed by atoms with Crippen molar-refractivity contribution in [2.45, 2.75) is 0 Å². The second-order valence-electron chi connectivity index (χ2n) is 4.17. The third-order valence-corrected chi connectivity index (χ3v) is 3.18. The lowest BCUT2D eigenvalue weighted by Gasteiger charge is -2.08. The lowest BCUT2D eigenvalue weighted by atomic mass is 10.1. The van der Waals surface area contributed by atoms with Crippen molar-refractivity contribution in [3.63, 3.8) is 0 Å². The van der Waals surface area contributed by atoms with Crippen LogP contribution < -0.4 is 10.6 Å². The Balaban J connectivity index is 2.30. The van der Waals surface area contributed by atoms with Crippen LogP contribution in [-0.2, 0) is 0 Å². The highest BCUT2D eigenvalue weighted by atomic mass is 35.5. The Morgan fingerprint density at radius 2 is 1.90 bits per heavy atom. The van der Waals surface area contributed by atoms with E-state index in [1.54, 1.807) is 31.3 Å². The van der Waals surface area contributed by atoms with Crippen molar-refractivity contribution in [3.8, 4) is 0 Å². The van der Waals surface area contributed by atoms with Crippen LogP contribution in [0.4, 0.5) is 17.1 Å². The number of halogens is 1. The third kappa shape index (κ3) is 3.29. The van der Waals surface area contributed by atoms with Gasteiger partial charge < -0.3 is 10.6 Å². The molecule has 2 rings (SSSR count). The molecule has 0 heterocycles. The zero-order valence-electron chi connectivity index (χ0n) is 11.1. The van der Waals surface area contributed by atoms with Gasteiger partial charge in [0, 0.05) is 18.7 Å². The second-order valence-corrected chi connectivity index (χ2v) is 4.58. The summed E-state index contributed by atoms with van der Waals surface area (Å²) in [5.41, 5.74) is 0.809. The smallest absolute Gasteiger partial charge is 0.293 e. The van der Waals surface area contributed by atoms with Crippen LogP contribution in [0.25, 0.3) is 0 Å². The predicted octanol–water partition coefficient (Wildman–Crippen LogP) is 3.54. The van der Waals surface area contributed by atoms with Crippen LogP contribution in [0.1, 0.15) is 10.4 Å². The van der Waals surface area contributed by atoms with Crippen LogP contribution in [0.3, 0.4) is 0 Å². The molecule has 7 heteroatoms. The van der Waals surface area contributed by atoms with Crippen LogP contribution >= 0.6 is 11.6 Å². The van der Waals surface area contributed by atoms with Crippen LogP contribution in [0.5, 0.6) is 0 Å². The van der Waals surface area contributed by atoms with Gasteiger partial charge in [0.2, 0.25) is 0 Å². The van der Waals surface area contributed by atoms with E-state index < -0.39 is 10.8 Å². The molecular formula is C14H12ClN3O3. The molecule has 0 spiro atoms. The van der Waals surface area contributed by atoms with Gasteiger partial charge in [-0.3, -0.25) is 14.9 Å². The topological polar surface area (TPSA) is 84.3 Å². The van der Waals surface area contributed by atoms with E-state index in [9.17, 15) is 14.9 Å². The summed E-state index contributed by atoms with van der Waals surface area (Å²) in [6.45, 7) is 0. The molecule has 21 heavy (non-hydrogen) atoms. The number of hydrogen-bond donors (Lipinski definition) is 2. The molecule has 1 amide bonds. The maximum absolute atomic E-state index is 12.1. The second kappa shape index (κ2) is 6.23. The van der Waals surface area contributed by atoms with Crippen LogP contribution in [0.2, 0.25) is 5.02 Å². The lowest BCUT2D eigenvalue weighted by Crippen LogP contribution is -2.12. The summed E-state index contributed by atoms with van der Waals surface area (Å²) in [6.07, 6.45) is 0. The van der Waals surface area contributed by atoms with E-state index in [1.165, 1.54) is 18.2 Å². The third-order valence-electron chi connectivity index (χ3n) is 2.85. The Bertz CT molecular complexity index is 704. The maximum Gasteiger partial charge on any atom is 0.293 e. The zero-order chi connectivity index (χ0) is 15.4. The molecule has 108 valence electrons. The molecule has 0 atom stereocenters. The molecule has 0 aliphatic rings. The van der Waals surface area contributed by atoms with Crippen LogP contribution in [-0.4, -0.2) is 17.9 Å². The summed E-state index contributed by atoms with van der Waals surface area (Å²) in [6, 6.07) is 11.0. The average Bonchev–Trinajstić information content (AvgIpc) is 2.48. The van der Waals surface area contributed by atoms with E-state index in [2.05, 4.69) is 10.6 Å². The zero-order valence-corrected chi connectivity index (χ0v) is 11.8. The van der Waals surface area contributed by atoms with Crippen molar-refractivity contribution in [3.05, 3.63) is 63.2 Å². The standard InChI is InChI=1S/C14H12ClN3O3/c1-16-12-7-6-9(8-13(12)18(20)21)14(19)17-11-5-3-2-4-10(11)15/h2-8,16H,1H3,(H,17,19). The molecule has 0 saturated carbocycles. The summed E-state index contributed by atoms with van der Waals surface area (Å²) in [5.74, 6) is -0.464. The molecule has 2 aromatic rings. The number of hydrogen-bond acceptors (Lipinski definition) is 4. The van der Waals surface area contributed by atoms with E-state index >= 15 is 0 Å². The molecule has 0 radical (unpaired) electrons. The van der Waals surface area contributed by atoms with Crippen LogP contribution in [0.15, 0.2) is 42.5 Å². The SMILES string of the molecule is CNc1ccc(C(=O)Nc2ccccc2Cl)cc1[N+](=O)[O-]. The summed E-state index contributed by atoms with van der Waals surface area (Å²) in [4.78, 5) is 22.6. The summed E-state index contributed by atoms with van der Waals surface area (Å²) >= 11 is 5.95. The van der Waals surface area contributed by atoms with Crippen molar-refractivity contribution in [2.24, 2.45) is 0 Å². The number of nitro groups is 1. The molecule has 0 fully saturated rings. The van der Waals surface area contributed by atoms with Crippen molar-refractivity contribution < 1.29 is 9.72 Å². The van der Waals surface area contributed by atoms with Crippen molar-refractivity contribution in [1.29, 1.82) is 0 Å². The summed E-state index contributed by atoms with van der Waals surface area (Å²) in [7, 11) is 1.58. The first-order valence-electron chi connectivity index (χ1n) is 6.05. The number of nitro benzene ring substituents is 1. The van der Waals surface area contributed by atoms with Gasteiger partial charge >= 0.3 is 0 Å². The van der Waals surface area contributed by atoms with Crippen molar-refractivity contribution >= 4 is 34.6 Å². The van der Waals surface area contributed by atoms with Gasteiger partial charge in [0.25, 0.3) is 11.6 Å². The quantitative estimate of drug-likeness (QED) is 0.668. The van der Waals surface area contributed by atoms with Gasteiger partial charge in [-0.25, -0.2) is 0 Å². The minimum Gasteiger partial charge on any atom is -0.383 e. The van der Waals surface area contributed by atoms with Crippen LogP contribution in [0, 0.1) is 10.1 Å². The molecule has 0 saturated heterocycles. The normalized spacial score (nSPS) is 10.0. The molecule has 0 aromatic heterocycles. The van der Waals surface area contributed by atoms with Gasteiger partial charge in [0.15, 0.2) is 0 Å². The fourth-order valence-corrected chi connectivity index (χ4v) is 1.98. The first kappa shape index (κ1) is 14.8. The number of amides is 1. The molecule has 0 unspecified atom stereocenters. The van der Waals surface area contributed by atoms with E-state index in [0.29, 0.717) is 16.4 Å². The monoisotopic (exact) mass is 305 g/mol. The average molecular weight is 306 g/mol. The van der Waals surface area contributed by atoms with Crippen molar-refractivity contribution in [2.75, 3.05) is 17.7 Å². The van der Waals surface area contributed by atoms with Gasteiger partial charge in [0.05, 0.1) is 15.6 Å². The number of nitrogens with one attached hydrogen (secondary N) is 2. The van der Waals surface area contributed by atoms with Gasteiger partial charge in [-0.2, -0.15) is 0 Å². The van der Waals surface area contributed by atoms with Gasteiger partial charge in [-0.1, -0.05) is 23.7 Å². The molecule has 0 aliphatic heterocycles. The highest BCUT2D eigenvalue weighted by molar-refractivity contribution is 6.33. The molecule has 2 N–H and O–H groups in total. The highest BCUT2D eigenvalue weighted by Gasteiger charge is 2.17. The van der Waals surface area contributed by atoms with Gasteiger partial charge in [-0.15, -0.1) is 0 Å². The number of carbonyl (C=O) groups excluding carboxylic acids is 1. The minimum atomic E-state index is -0.544. The minimum absolute atomic E-state index is 0.163. The molecule has 2 aromatic carbocycles. The Hall–Kier alpha value is -2.60.